The molecule has 0 unspecified atom stereocenters. The van der Waals surface area contributed by atoms with Gasteiger partial charge in [0.25, 0.3) is 0 Å². The Balaban J connectivity index is 2.57. The summed E-state index contributed by atoms with van der Waals surface area (Å²) in [5.41, 5.74) is 0.752. The summed E-state index contributed by atoms with van der Waals surface area (Å²) in [6.45, 7) is 3.09. The molecule has 0 radical (unpaired) electrons. The molecule has 0 saturated carbocycles. The molecular formula is C13H19BrN2O2. The largest absolute Gasteiger partial charge is 0.395 e. The van der Waals surface area contributed by atoms with Crippen molar-refractivity contribution in [3.05, 3.63) is 28.7 Å². The lowest BCUT2D eigenvalue weighted by atomic mass is 10.3. The molecule has 0 saturated heterocycles. The van der Waals surface area contributed by atoms with Gasteiger partial charge in [-0.1, -0.05) is 29.3 Å². The van der Waals surface area contributed by atoms with Crippen LogP contribution >= 0.6 is 15.9 Å². The third-order valence-corrected chi connectivity index (χ3v) is 3.06. The number of hydrogen-bond acceptors (Lipinski definition) is 2. The van der Waals surface area contributed by atoms with Crippen molar-refractivity contribution in [1.82, 2.24) is 4.90 Å². The number of carbonyl (C=O) groups excluding carboxylic acids is 1. The number of amides is 2. The first kappa shape index (κ1) is 15.0. The monoisotopic (exact) mass is 314 g/mol. The molecule has 5 heteroatoms. The molecule has 1 rings (SSSR count). The van der Waals surface area contributed by atoms with Gasteiger partial charge in [-0.3, -0.25) is 0 Å². The highest BCUT2D eigenvalue weighted by molar-refractivity contribution is 9.10. The molecule has 0 atom stereocenters. The molecule has 2 amide bonds. The average Bonchev–Trinajstić information content (AvgIpc) is 2.37. The van der Waals surface area contributed by atoms with Crippen molar-refractivity contribution in [2.24, 2.45) is 0 Å². The first-order valence-corrected chi connectivity index (χ1v) is 6.89. The van der Waals surface area contributed by atoms with Crippen molar-refractivity contribution < 1.29 is 9.90 Å². The lowest BCUT2D eigenvalue weighted by Gasteiger charge is -2.22. The number of benzene rings is 1. The third-order valence-electron chi connectivity index (χ3n) is 2.53. The third kappa shape index (κ3) is 5.06. The second kappa shape index (κ2) is 8.11. The SMILES string of the molecule is CCCCN(CCO)C(=O)Nc1ccc(Br)cc1. The van der Waals surface area contributed by atoms with Crippen molar-refractivity contribution in [1.29, 1.82) is 0 Å². The van der Waals surface area contributed by atoms with E-state index >= 15 is 0 Å². The van der Waals surface area contributed by atoms with Crippen molar-refractivity contribution in [3.8, 4) is 0 Å². The summed E-state index contributed by atoms with van der Waals surface area (Å²) < 4.78 is 0.971. The van der Waals surface area contributed by atoms with Crippen LogP contribution in [0.2, 0.25) is 0 Å². The minimum absolute atomic E-state index is 0.0164. The van der Waals surface area contributed by atoms with Gasteiger partial charge in [0.2, 0.25) is 0 Å². The van der Waals surface area contributed by atoms with E-state index in [1.807, 2.05) is 24.3 Å². The van der Waals surface area contributed by atoms with Crippen molar-refractivity contribution in [2.45, 2.75) is 19.8 Å². The average molecular weight is 315 g/mol. The van der Waals surface area contributed by atoms with Crippen LogP contribution in [-0.4, -0.2) is 35.7 Å². The van der Waals surface area contributed by atoms with E-state index in [0.29, 0.717) is 13.1 Å². The Bertz CT molecular complexity index is 368. The highest BCUT2D eigenvalue weighted by Crippen LogP contribution is 2.14. The van der Waals surface area contributed by atoms with Crippen molar-refractivity contribution in [3.63, 3.8) is 0 Å². The van der Waals surface area contributed by atoms with Gasteiger partial charge in [-0.2, -0.15) is 0 Å². The van der Waals surface area contributed by atoms with E-state index in [2.05, 4.69) is 28.2 Å². The molecule has 0 heterocycles. The number of aliphatic hydroxyl groups excluding tert-OH is 1. The number of nitrogens with one attached hydrogen (secondary N) is 1. The van der Waals surface area contributed by atoms with Gasteiger partial charge in [-0.25, -0.2) is 4.79 Å². The maximum absolute atomic E-state index is 12.0. The van der Waals surface area contributed by atoms with E-state index in [-0.39, 0.29) is 12.6 Å². The lowest BCUT2D eigenvalue weighted by molar-refractivity contribution is 0.187. The molecule has 0 aliphatic carbocycles. The van der Waals surface area contributed by atoms with Crippen LogP contribution in [0.5, 0.6) is 0 Å². The second-order valence-electron chi connectivity index (χ2n) is 4.00. The number of rotatable bonds is 6. The van der Waals surface area contributed by atoms with Crippen LogP contribution in [0.1, 0.15) is 19.8 Å². The molecule has 0 aliphatic rings. The maximum Gasteiger partial charge on any atom is 0.321 e. The van der Waals surface area contributed by atoms with E-state index in [4.69, 9.17) is 5.11 Å². The van der Waals surface area contributed by atoms with Crippen LogP contribution < -0.4 is 5.32 Å². The molecule has 1 aromatic rings. The fraction of sp³-hybridized carbons (Fsp3) is 0.462. The molecule has 1 aromatic carbocycles. The Morgan fingerprint density at radius 3 is 2.56 bits per heavy atom. The molecule has 100 valence electrons. The topological polar surface area (TPSA) is 52.6 Å². The van der Waals surface area contributed by atoms with E-state index in [1.165, 1.54) is 0 Å². The fourth-order valence-electron chi connectivity index (χ4n) is 1.52. The molecular weight excluding hydrogens is 296 g/mol. The number of halogens is 1. The first-order chi connectivity index (χ1) is 8.67. The summed E-state index contributed by atoms with van der Waals surface area (Å²) in [6, 6.07) is 7.24. The van der Waals surface area contributed by atoms with E-state index < -0.39 is 0 Å². The van der Waals surface area contributed by atoms with Gasteiger partial charge in [0.05, 0.1) is 6.61 Å². The standard InChI is InChI=1S/C13H19BrN2O2/c1-2-3-8-16(9-10-17)13(18)15-12-6-4-11(14)5-7-12/h4-7,17H,2-3,8-10H2,1H3,(H,15,18). The molecule has 2 N–H and O–H groups in total. The van der Waals surface area contributed by atoms with Gasteiger partial charge in [-0.05, 0) is 30.7 Å². The Morgan fingerprint density at radius 1 is 1.33 bits per heavy atom. The van der Waals surface area contributed by atoms with Gasteiger partial charge in [0.15, 0.2) is 0 Å². The van der Waals surface area contributed by atoms with Crippen LogP contribution in [0.25, 0.3) is 0 Å². The summed E-state index contributed by atoms with van der Waals surface area (Å²) in [7, 11) is 0. The number of nitrogens with zero attached hydrogens (tertiary/aromatic N) is 1. The van der Waals surface area contributed by atoms with Crippen LogP contribution in [0.15, 0.2) is 28.7 Å². The molecule has 0 fully saturated rings. The highest BCUT2D eigenvalue weighted by Gasteiger charge is 2.12. The van der Waals surface area contributed by atoms with Crippen LogP contribution in [0.3, 0.4) is 0 Å². The van der Waals surface area contributed by atoms with E-state index in [9.17, 15) is 4.79 Å². The predicted octanol–water partition coefficient (Wildman–Crippen LogP) is 3.08. The molecule has 0 aliphatic heterocycles. The number of carbonyl (C=O) groups is 1. The molecule has 0 spiro atoms. The number of aliphatic hydroxyl groups is 1. The summed E-state index contributed by atoms with van der Waals surface area (Å²) in [6.07, 6.45) is 1.96. The number of unbranched alkanes of at least 4 members (excludes halogenated alkanes) is 1. The molecule has 4 nitrogen and oxygen atoms in total. The first-order valence-electron chi connectivity index (χ1n) is 6.09. The van der Waals surface area contributed by atoms with Crippen LogP contribution in [0, 0.1) is 0 Å². The Kier molecular flexibility index (Phi) is 6.75. The Hall–Kier alpha value is -1.07. The van der Waals surface area contributed by atoms with Crippen LogP contribution in [0.4, 0.5) is 10.5 Å². The van der Waals surface area contributed by atoms with Gasteiger partial charge < -0.3 is 15.3 Å². The van der Waals surface area contributed by atoms with E-state index in [0.717, 1.165) is 23.0 Å². The highest BCUT2D eigenvalue weighted by atomic mass is 79.9. The lowest BCUT2D eigenvalue weighted by Crippen LogP contribution is -2.37. The Morgan fingerprint density at radius 2 is 2.00 bits per heavy atom. The summed E-state index contributed by atoms with van der Waals surface area (Å²) in [5, 5.41) is 11.8. The second-order valence-corrected chi connectivity index (χ2v) is 4.92. The van der Waals surface area contributed by atoms with Gasteiger partial charge >= 0.3 is 6.03 Å². The number of anilines is 1. The van der Waals surface area contributed by atoms with Crippen LogP contribution in [-0.2, 0) is 0 Å². The summed E-state index contributed by atoms with van der Waals surface area (Å²) in [4.78, 5) is 13.6. The maximum atomic E-state index is 12.0. The molecule has 0 aromatic heterocycles. The minimum atomic E-state index is -0.167. The smallest absolute Gasteiger partial charge is 0.321 e. The fourth-order valence-corrected chi connectivity index (χ4v) is 1.78. The quantitative estimate of drug-likeness (QED) is 0.847. The zero-order chi connectivity index (χ0) is 13.4. The normalized spacial score (nSPS) is 10.2. The zero-order valence-electron chi connectivity index (χ0n) is 10.5. The number of hydrogen-bond donors (Lipinski definition) is 2. The molecule has 18 heavy (non-hydrogen) atoms. The van der Waals surface area contributed by atoms with Crippen molar-refractivity contribution in [2.75, 3.05) is 25.0 Å². The Labute approximate surface area is 116 Å². The van der Waals surface area contributed by atoms with Gasteiger partial charge in [0, 0.05) is 23.2 Å². The summed E-state index contributed by atoms with van der Waals surface area (Å²) >= 11 is 3.34. The zero-order valence-corrected chi connectivity index (χ0v) is 12.1. The van der Waals surface area contributed by atoms with Gasteiger partial charge in [0.1, 0.15) is 0 Å². The van der Waals surface area contributed by atoms with Gasteiger partial charge in [-0.15, -0.1) is 0 Å². The molecule has 0 bridgehead atoms. The van der Waals surface area contributed by atoms with E-state index in [1.54, 1.807) is 4.90 Å². The predicted molar refractivity (Wildman–Crippen MR) is 76.7 cm³/mol. The number of urea groups is 1. The minimum Gasteiger partial charge on any atom is -0.395 e. The van der Waals surface area contributed by atoms with Crippen molar-refractivity contribution >= 4 is 27.6 Å². The summed E-state index contributed by atoms with van der Waals surface area (Å²) in [5.74, 6) is 0.